The number of carbonyl (C=O) groups excluding carboxylic acids is 5. The number of amides is 4. The molecule has 0 aromatic carbocycles. The van der Waals surface area contributed by atoms with E-state index in [4.69, 9.17) is 0 Å². The van der Waals surface area contributed by atoms with Gasteiger partial charge in [-0.1, -0.05) is 13.8 Å². The fourth-order valence-corrected chi connectivity index (χ4v) is 2.88. The number of imide groups is 1. The van der Waals surface area contributed by atoms with Gasteiger partial charge in [0.25, 0.3) is 11.8 Å². The van der Waals surface area contributed by atoms with E-state index in [-0.39, 0.29) is 31.2 Å². The summed E-state index contributed by atoms with van der Waals surface area (Å²) in [5.41, 5.74) is 0. The molecule has 1 heterocycles. The van der Waals surface area contributed by atoms with E-state index in [0.717, 1.165) is 17.1 Å². The summed E-state index contributed by atoms with van der Waals surface area (Å²) in [4.78, 5) is 59.4. The van der Waals surface area contributed by atoms with Crippen molar-refractivity contribution in [1.82, 2.24) is 15.5 Å². The molecular weight excluding hydrogens is 378 g/mol. The molecule has 3 unspecified atom stereocenters. The van der Waals surface area contributed by atoms with Crippen LogP contribution in [0.15, 0.2) is 12.2 Å². The quantitative estimate of drug-likeness (QED) is 0.305. The van der Waals surface area contributed by atoms with Crippen LogP contribution in [0.4, 0.5) is 0 Å². The highest BCUT2D eigenvalue weighted by Gasteiger charge is 2.32. The molecular formula is C16H23N3O7S. The van der Waals surface area contributed by atoms with Gasteiger partial charge in [-0.3, -0.25) is 28.9 Å². The first-order valence-electron chi connectivity index (χ1n) is 8.25. The zero-order chi connectivity index (χ0) is 20.7. The standard InChI is InChI=1S/C16H23N3O7S/c1-9(2)14(16(24)17-8-10(3)20)18-15(23)11(27(25)26)6-7-19-12(21)4-5-13(19)22/h4-5,9,11,14H,6-8H2,1-3H3,(H,17,24)(H,18,23)(H,25,26). The van der Waals surface area contributed by atoms with Gasteiger partial charge in [-0.2, -0.15) is 0 Å². The van der Waals surface area contributed by atoms with Gasteiger partial charge in [0, 0.05) is 18.7 Å². The van der Waals surface area contributed by atoms with Crippen molar-refractivity contribution in [3.05, 3.63) is 12.2 Å². The number of Topliss-reactive ketones (excluding diaryl/α,β-unsaturated/α-hetero) is 1. The van der Waals surface area contributed by atoms with E-state index in [0.29, 0.717) is 0 Å². The Morgan fingerprint density at radius 2 is 1.70 bits per heavy atom. The number of nitrogens with zero attached hydrogens (tertiary/aromatic N) is 1. The fourth-order valence-electron chi connectivity index (χ4n) is 2.32. The highest BCUT2D eigenvalue weighted by molar-refractivity contribution is 7.80. The molecule has 1 aliphatic heterocycles. The predicted octanol–water partition coefficient (Wildman–Crippen LogP) is -1.26. The number of nitrogens with one attached hydrogen (secondary N) is 2. The smallest absolute Gasteiger partial charge is 0.253 e. The summed E-state index contributed by atoms with van der Waals surface area (Å²) >= 11 is -2.58. The van der Waals surface area contributed by atoms with Gasteiger partial charge < -0.3 is 15.2 Å². The molecule has 11 heteroatoms. The van der Waals surface area contributed by atoms with Crippen molar-refractivity contribution in [3.8, 4) is 0 Å². The van der Waals surface area contributed by atoms with Crippen LogP contribution in [0.5, 0.6) is 0 Å². The van der Waals surface area contributed by atoms with E-state index in [1.807, 2.05) is 0 Å². The van der Waals surface area contributed by atoms with Crippen molar-refractivity contribution in [2.24, 2.45) is 5.92 Å². The van der Waals surface area contributed by atoms with E-state index in [1.54, 1.807) is 13.8 Å². The third-order valence-electron chi connectivity index (χ3n) is 3.81. The Bertz CT molecular complexity index is 672. The lowest BCUT2D eigenvalue weighted by molar-refractivity contribution is -0.137. The minimum absolute atomic E-state index is 0.195. The maximum absolute atomic E-state index is 12.4. The Labute approximate surface area is 159 Å². The first kappa shape index (κ1) is 22.6. The van der Waals surface area contributed by atoms with Gasteiger partial charge >= 0.3 is 0 Å². The lowest BCUT2D eigenvalue weighted by Crippen LogP contribution is -2.53. The molecule has 4 amide bonds. The van der Waals surface area contributed by atoms with Crippen molar-refractivity contribution < 1.29 is 32.7 Å². The summed E-state index contributed by atoms with van der Waals surface area (Å²) in [7, 11) is 0. The second kappa shape index (κ2) is 10.1. The second-order valence-electron chi connectivity index (χ2n) is 6.37. The van der Waals surface area contributed by atoms with Gasteiger partial charge in [0.05, 0.1) is 6.54 Å². The highest BCUT2D eigenvalue weighted by Crippen LogP contribution is 2.10. The van der Waals surface area contributed by atoms with Crippen molar-refractivity contribution >= 4 is 40.5 Å². The van der Waals surface area contributed by atoms with Crippen LogP contribution in [0.25, 0.3) is 0 Å². The zero-order valence-electron chi connectivity index (χ0n) is 15.3. The van der Waals surface area contributed by atoms with Gasteiger partial charge in [0.15, 0.2) is 11.1 Å². The maximum atomic E-state index is 12.4. The molecule has 0 fully saturated rings. The number of carbonyl (C=O) groups is 5. The topological polar surface area (TPSA) is 150 Å². The van der Waals surface area contributed by atoms with Gasteiger partial charge in [-0.05, 0) is 19.3 Å². The predicted molar refractivity (Wildman–Crippen MR) is 95.5 cm³/mol. The Balaban J connectivity index is 2.75. The van der Waals surface area contributed by atoms with Crippen molar-refractivity contribution in [2.45, 2.75) is 38.5 Å². The monoisotopic (exact) mass is 401 g/mol. The van der Waals surface area contributed by atoms with Crippen molar-refractivity contribution in [3.63, 3.8) is 0 Å². The summed E-state index contributed by atoms with van der Waals surface area (Å²) in [5, 5.41) is 3.34. The van der Waals surface area contributed by atoms with E-state index >= 15 is 0 Å². The van der Waals surface area contributed by atoms with E-state index in [1.165, 1.54) is 6.92 Å². The summed E-state index contributed by atoms with van der Waals surface area (Å²) in [6.07, 6.45) is 1.90. The van der Waals surface area contributed by atoms with Crippen LogP contribution in [-0.2, 0) is 35.1 Å². The van der Waals surface area contributed by atoms with E-state index in [9.17, 15) is 32.7 Å². The van der Waals surface area contributed by atoms with Gasteiger partial charge in [0.1, 0.15) is 17.1 Å². The van der Waals surface area contributed by atoms with Crippen LogP contribution in [0.3, 0.4) is 0 Å². The van der Waals surface area contributed by atoms with Crippen molar-refractivity contribution in [2.75, 3.05) is 13.1 Å². The molecule has 3 atom stereocenters. The van der Waals surface area contributed by atoms with Crippen molar-refractivity contribution in [1.29, 1.82) is 0 Å². The largest absolute Gasteiger partial charge is 0.347 e. The van der Waals surface area contributed by atoms with Crippen LogP contribution < -0.4 is 10.6 Å². The Kier molecular flexibility index (Phi) is 8.44. The SMILES string of the molecule is CC(=O)CNC(=O)C(NC(=O)C(CCN1C(=O)C=CC1=O)S(=O)O)C(C)C. The minimum Gasteiger partial charge on any atom is -0.347 e. The normalized spacial score (nSPS) is 17.0. The molecule has 0 aliphatic carbocycles. The Morgan fingerprint density at radius 3 is 2.15 bits per heavy atom. The minimum atomic E-state index is -2.58. The maximum Gasteiger partial charge on any atom is 0.253 e. The number of hydrogen-bond acceptors (Lipinski definition) is 6. The zero-order valence-corrected chi connectivity index (χ0v) is 16.1. The van der Waals surface area contributed by atoms with Gasteiger partial charge in [-0.15, -0.1) is 0 Å². The molecule has 3 N–H and O–H groups in total. The molecule has 0 bridgehead atoms. The summed E-state index contributed by atoms with van der Waals surface area (Å²) in [5.74, 6) is -3.19. The second-order valence-corrected chi connectivity index (χ2v) is 7.49. The Morgan fingerprint density at radius 1 is 1.15 bits per heavy atom. The first-order valence-corrected chi connectivity index (χ1v) is 9.42. The molecule has 0 saturated heterocycles. The number of rotatable bonds is 10. The fraction of sp³-hybridized carbons (Fsp3) is 0.562. The average Bonchev–Trinajstić information content (AvgIpc) is 2.88. The molecule has 0 aromatic rings. The summed E-state index contributed by atoms with van der Waals surface area (Å²) in [6.45, 7) is 4.22. The molecule has 1 aliphatic rings. The first-order chi connectivity index (χ1) is 12.5. The third kappa shape index (κ3) is 6.68. The molecule has 10 nitrogen and oxygen atoms in total. The average molecular weight is 401 g/mol. The molecule has 0 spiro atoms. The molecule has 27 heavy (non-hydrogen) atoms. The molecule has 0 aromatic heterocycles. The van der Waals surface area contributed by atoms with E-state index in [2.05, 4.69) is 10.6 Å². The van der Waals surface area contributed by atoms with Crippen LogP contribution in [0.1, 0.15) is 27.2 Å². The summed E-state index contributed by atoms with van der Waals surface area (Å²) in [6, 6.07) is -1.01. The lowest BCUT2D eigenvalue weighted by atomic mass is 10.0. The lowest BCUT2D eigenvalue weighted by Gasteiger charge is -2.24. The third-order valence-corrected chi connectivity index (χ3v) is 4.75. The van der Waals surface area contributed by atoms with Crippen LogP contribution in [0.2, 0.25) is 0 Å². The van der Waals surface area contributed by atoms with Gasteiger partial charge in [-0.25, -0.2) is 4.21 Å². The van der Waals surface area contributed by atoms with E-state index < -0.39 is 46.0 Å². The van der Waals surface area contributed by atoms with Crippen LogP contribution in [0, 0.1) is 5.92 Å². The van der Waals surface area contributed by atoms with Crippen LogP contribution in [-0.4, -0.2) is 67.5 Å². The number of hydrogen-bond donors (Lipinski definition) is 3. The summed E-state index contributed by atoms with van der Waals surface area (Å²) < 4.78 is 21.0. The van der Waals surface area contributed by atoms with Gasteiger partial charge in [0.2, 0.25) is 11.8 Å². The molecule has 150 valence electrons. The Hall–Kier alpha value is -2.40. The molecule has 1 rings (SSSR count). The highest BCUT2D eigenvalue weighted by atomic mass is 32.2. The molecule has 0 radical (unpaired) electrons. The van der Waals surface area contributed by atoms with Crippen LogP contribution >= 0.6 is 0 Å². The molecule has 0 saturated carbocycles. The number of ketones is 1.